The van der Waals surface area contributed by atoms with Crippen LogP contribution in [0.15, 0.2) is 18.3 Å². The normalized spacial score (nSPS) is 30.2. The van der Waals surface area contributed by atoms with E-state index < -0.39 is 0 Å². The van der Waals surface area contributed by atoms with Crippen LogP contribution in [-0.2, 0) is 0 Å². The predicted octanol–water partition coefficient (Wildman–Crippen LogP) is 1.80. The van der Waals surface area contributed by atoms with Crippen LogP contribution in [0.4, 0.5) is 0 Å². The topological polar surface area (TPSA) is 51.2 Å². The van der Waals surface area contributed by atoms with Gasteiger partial charge in [-0.2, -0.15) is 0 Å². The molecule has 0 saturated carbocycles. The maximum absolute atomic E-state index is 12.4. The number of nitrogens with zero attached hydrogens (tertiary/aromatic N) is 1. The van der Waals surface area contributed by atoms with Crippen molar-refractivity contribution >= 4 is 5.78 Å². The Morgan fingerprint density at radius 3 is 2.61 bits per heavy atom. The highest BCUT2D eigenvalue weighted by Gasteiger charge is 2.36. The highest BCUT2D eigenvalue weighted by Crippen LogP contribution is 2.32. The van der Waals surface area contributed by atoms with Gasteiger partial charge in [0.2, 0.25) is 5.88 Å². The molecule has 2 bridgehead atoms. The second-order valence-electron chi connectivity index (χ2n) is 5.26. The van der Waals surface area contributed by atoms with Crippen LogP contribution < -0.4 is 10.1 Å². The van der Waals surface area contributed by atoms with Crippen LogP contribution in [0.3, 0.4) is 0 Å². The van der Waals surface area contributed by atoms with Gasteiger partial charge in [0.1, 0.15) is 0 Å². The Morgan fingerprint density at radius 1 is 1.33 bits per heavy atom. The first-order valence-electron chi connectivity index (χ1n) is 6.56. The number of pyridine rings is 1. The summed E-state index contributed by atoms with van der Waals surface area (Å²) in [5.41, 5.74) is 0.710. The number of ketones is 1. The Bertz CT molecular complexity index is 432. The first kappa shape index (κ1) is 11.7. The Balaban J connectivity index is 1.73. The molecule has 0 aromatic carbocycles. The molecule has 3 heterocycles. The number of ether oxygens (including phenoxy) is 1. The zero-order valence-electron chi connectivity index (χ0n) is 10.6. The molecule has 1 aromatic rings. The largest absolute Gasteiger partial charge is 0.481 e. The number of nitrogens with one attached hydrogen (secondary N) is 1. The van der Waals surface area contributed by atoms with Gasteiger partial charge in [0.05, 0.1) is 7.11 Å². The number of Topliss-reactive ketones (excluding diaryl/α,β-unsaturated/α-hetero) is 1. The summed E-state index contributed by atoms with van der Waals surface area (Å²) in [5.74, 6) is 0.958. The molecule has 96 valence electrons. The Labute approximate surface area is 107 Å². The van der Waals surface area contributed by atoms with Crippen molar-refractivity contribution in [2.45, 2.75) is 37.8 Å². The summed E-state index contributed by atoms with van der Waals surface area (Å²) in [6.45, 7) is 0. The number of carbonyl (C=O) groups excluding carboxylic acids is 1. The van der Waals surface area contributed by atoms with Crippen molar-refractivity contribution in [2.75, 3.05) is 7.11 Å². The fraction of sp³-hybridized carbons (Fsp3) is 0.571. The molecule has 0 radical (unpaired) electrons. The van der Waals surface area contributed by atoms with Crippen molar-refractivity contribution in [3.8, 4) is 5.88 Å². The van der Waals surface area contributed by atoms with Crippen LogP contribution in [0, 0.1) is 5.92 Å². The van der Waals surface area contributed by atoms with E-state index in [1.807, 2.05) is 6.07 Å². The van der Waals surface area contributed by atoms with Crippen molar-refractivity contribution in [3.05, 3.63) is 23.9 Å². The predicted molar refractivity (Wildman–Crippen MR) is 67.8 cm³/mol. The summed E-state index contributed by atoms with van der Waals surface area (Å²) in [7, 11) is 1.58. The lowest BCUT2D eigenvalue weighted by Gasteiger charge is -2.28. The molecule has 1 N–H and O–H groups in total. The minimum atomic E-state index is 0.166. The zero-order chi connectivity index (χ0) is 12.5. The summed E-state index contributed by atoms with van der Waals surface area (Å²) in [4.78, 5) is 16.5. The summed E-state index contributed by atoms with van der Waals surface area (Å²) in [6, 6.07) is 4.66. The van der Waals surface area contributed by atoms with Gasteiger partial charge in [-0.15, -0.1) is 0 Å². The zero-order valence-corrected chi connectivity index (χ0v) is 10.6. The van der Waals surface area contributed by atoms with Crippen LogP contribution in [0.25, 0.3) is 0 Å². The third-order valence-corrected chi connectivity index (χ3v) is 4.07. The molecule has 2 unspecified atom stereocenters. The number of rotatable bonds is 3. The fourth-order valence-electron chi connectivity index (χ4n) is 3.15. The summed E-state index contributed by atoms with van der Waals surface area (Å²) < 4.78 is 5.01. The van der Waals surface area contributed by atoms with Crippen LogP contribution in [0.1, 0.15) is 36.0 Å². The quantitative estimate of drug-likeness (QED) is 0.826. The molecule has 18 heavy (non-hydrogen) atoms. The second-order valence-corrected chi connectivity index (χ2v) is 5.26. The number of aromatic nitrogens is 1. The molecule has 0 amide bonds. The molecule has 4 nitrogen and oxygen atoms in total. The molecule has 2 aliphatic heterocycles. The molecular formula is C14H18N2O2. The van der Waals surface area contributed by atoms with Crippen LogP contribution in [-0.4, -0.2) is 30.0 Å². The summed E-state index contributed by atoms with van der Waals surface area (Å²) >= 11 is 0. The third kappa shape index (κ3) is 2.12. The van der Waals surface area contributed by atoms with Crippen molar-refractivity contribution in [2.24, 2.45) is 5.92 Å². The number of piperidine rings is 1. The molecule has 2 saturated heterocycles. The third-order valence-electron chi connectivity index (χ3n) is 4.07. The minimum Gasteiger partial charge on any atom is -0.481 e. The van der Waals surface area contributed by atoms with Crippen molar-refractivity contribution < 1.29 is 9.53 Å². The monoisotopic (exact) mass is 246 g/mol. The number of fused-ring (bicyclic) bond motifs is 2. The molecule has 2 atom stereocenters. The van der Waals surface area contributed by atoms with Crippen LogP contribution in [0.2, 0.25) is 0 Å². The van der Waals surface area contributed by atoms with Gasteiger partial charge in [0, 0.05) is 35.8 Å². The van der Waals surface area contributed by atoms with E-state index in [-0.39, 0.29) is 11.7 Å². The van der Waals surface area contributed by atoms with Crippen LogP contribution >= 0.6 is 0 Å². The highest BCUT2D eigenvalue weighted by atomic mass is 16.5. The van der Waals surface area contributed by atoms with E-state index in [0.29, 0.717) is 23.5 Å². The number of methoxy groups -OCH3 is 1. The van der Waals surface area contributed by atoms with Gasteiger partial charge < -0.3 is 10.1 Å². The van der Waals surface area contributed by atoms with E-state index in [2.05, 4.69) is 10.3 Å². The molecule has 0 spiro atoms. The van der Waals surface area contributed by atoms with E-state index in [4.69, 9.17) is 4.74 Å². The lowest BCUT2D eigenvalue weighted by Crippen LogP contribution is -2.40. The van der Waals surface area contributed by atoms with Crippen molar-refractivity contribution in [1.82, 2.24) is 10.3 Å². The Morgan fingerprint density at radius 2 is 2.06 bits per heavy atom. The molecule has 2 fully saturated rings. The number of hydrogen-bond acceptors (Lipinski definition) is 4. The molecular weight excluding hydrogens is 228 g/mol. The van der Waals surface area contributed by atoms with Gasteiger partial charge in [-0.25, -0.2) is 4.98 Å². The molecule has 1 aromatic heterocycles. The van der Waals surface area contributed by atoms with Crippen molar-refractivity contribution in [1.29, 1.82) is 0 Å². The van der Waals surface area contributed by atoms with Gasteiger partial charge in [-0.3, -0.25) is 4.79 Å². The Hall–Kier alpha value is -1.42. The van der Waals surface area contributed by atoms with E-state index in [9.17, 15) is 4.79 Å². The fourth-order valence-corrected chi connectivity index (χ4v) is 3.15. The lowest BCUT2D eigenvalue weighted by molar-refractivity contribution is 0.0875. The van der Waals surface area contributed by atoms with Gasteiger partial charge in [-0.1, -0.05) is 0 Å². The molecule has 3 rings (SSSR count). The van der Waals surface area contributed by atoms with Crippen LogP contribution in [0.5, 0.6) is 5.88 Å². The first-order chi connectivity index (χ1) is 8.76. The lowest BCUT2D eigenvalue weighted by atomic mass is 9.86. The maximum Gasteiger partial charge on any atom is 0.212 e. The molecule has 2 aliphatic rings. The molecule has 0 aliphatic carbocycles. The smallest absolute Gasteiger partial charge is 0.212 e. The van der Waals surface area contributed by atoms with E-state index >= 15 is 0 Å². The minimum absolute atomic E-state index is 0.166. The van der Waals surface area contributed by atoms with E-state index in [0.717, 1.165) is 12.8 Å². The van der Waals surface area contributed by atoms with Crippen molar-refractivity contribution in [3.63, 3.8) is 0 Å². The van der Waals surface area contributed by atoms with E-state index in [1.165, 1.54) is 12.8 Å². The van der Waals surface area contributed by atoms with Gasteiger partial charge in [0.25, 0.3) is 0 Å². The second kappa shape index (κ2) is 4.69. The number of carbonyl (C=O) groups is 1. The average molecular weight is 246 g/mol. The molecule has 4 heteroatoms. The van der Waals surface area contributed by atoms with Gasteiger partial charge in [-0.05, 0) is 31.7 Å². The highest BCUT2D eigenvalue weighted by molar-refractivity contribution is 5.97. The summed E-state index contributed by atoms with van der Waals surface area (Å²) in [5, 5.41) is 3.56. The maximum atomic E-state index is 12.4. The van der Waals surface area contributed by atoms with Gasteiger partial charge >= 0.3 is 0 Å². The standard InChI is InChI=1S/C14H18N2O2/c1-18-13-5-2-9(8-15-13)14(17)10-6-11-3-4-12(7-10)16-11/h2,5,8,10-12,16H,3-4,6-7H2,1H3. The summed E-state index contributed by atoms with van der Waals surface area (Å²) in [6.07, 6.45) is 6.01. The number of hydrogen-bond donors (Lipinski definition) is 1. The Kier molecular flexibility index (Phi) is 3.04. The average Bonchev–Trinajstić information content (AvgIpc) is 2.77. The first-order valence-corrected chi connectivity index (χ1v) is 6.56. The SMILES string of the molecule is COc1ccc(C(=O)C2CC3CCC(C2)N3)cn1. The van der Waals surface area contributed by atoms with E-state index in [1.54, 1.807) is 19.4 Å². The van der Waals surface area contributed by atoms with Gasteiger partial charge in [0.15, 0.2) is 5.78 Å².